The second-order valence-electron chi connectivity index (χ2n) is 5.34. The monoisotopic (exact) mass is 315 g/mol. The van der Waals surface area contributed by atoms with Crippen molar-refractivity contribution in [1.29, 1.82) is 0 Å². The van der Waals surface area contributed by atoms with Crippen LogP contribution in [0.25, 0.3) is 0 Å². The zero-order valence-electron chi connectivity index (χ0n) is 11.1. The zero-order valence-corrected chi connectivity index (χ0v) is 12.7. The maximum absolute atomic E-state index is 3.68. The SMILES string of the molecule is Cc1cc(CNC2Cc3ccccc3C2)ccc1Br. The number of aryl methyl sites for hydroxylation is 1. The van der Waals surface area contributed by atoms with Gasteiger partial charge < -0.3 is 5.32 Å². The molecular formula is C17H18BrN. The maximum Gasteiger partial charge on any atom is 0.0208 e. The molecule has 0 unspecified atom stereocenters. The van der Waals surface area contributed by atoms with Crippen molar-refractivity contribution >= 4 is 15.9 Å². The van der Waals surface area contributed by atoms with Crippen molar-refractivity contribution in [2.45, 2.75) is 32.4 Å². The van der Waals surface area contributed by atoms with Crippen LogP contribution in [0.2, 0.25) is 0 Å². The van der Waals surface area contributed by atoms with Gasteiger partial charge in [0.1, 0.15) is 0 Å². The Morgan fingerprint density at radius 1 is 1.11 bits per heavy atom. The van der Waals surface area contributed by atoms with Crippen molar-refractivity contribution in [3.8, 4) is 0 Å². The van der Waals surface area contributed by atoms with E-state index in [1.165, 1.54) is 26.7 Å². The zero-order chi connectivity index (χ0) is 13.2. The second-order valence-corrected chi connectivity index (χ2v) is 6.19. The normalized spacial score (nSPS) is 14.6. The third-order valence-corrected chi connectivity index (χ3v) is 4.76. The van der Waals surface area contributed by atoms with E-state index in [0.717, 1.165) is 19.4 Å². The van der Waals surface area contributed by atoms with Crippen LogP contribution in [0.15, 0.2) is 46.9 Å². The van der Waals surface area contributed by atoms with Crippen molar-refractivity contribution in [3.63, 3.8) is 0 Å². The van der Waals surface area contributed by atoms with Crippen LogP contribution >= 0.6 is 15.9 Å². The number of fused-ring (bicyclic) bond motifs is 1. The number of halogens is 1. The number of rotatable bonds is 3. The highest BCUT2D eigenvalue weighted by Gasteiger charge is 2.19. The molecule has 0 atom stereocenters. The molecule has 1 N–H and O–H groups in total. The highest BCUT2D eigenvalue weighted by atomic mass is 79.9. The van der Waals surface area contributed by atoms with Gasteiger partial charge in [0.25, 0.3) is 0 Å². The largest absolute Gasteiger partial charge is 0.309 e. The van der Waals surface area contributed by atoms with E-state index in [1.807, 2.05) is 0 Å². The van der Waals surface area contributed by atoms with Crippen LogP contribution in [0, 0.1) is 6.92 Å². The van der Waals surface area contributed by atoms with Gasteiger partial charge >= 0.3 is 0 Å². The van der Waals surface area contributed by atoms with Gasteiger partial charge in [-0.2, -0.15) is 0 Å². The molecule has 0 saturated heterocycles. The molecule has 1 nitrogen and oxygen atoms in total. The Kier molecular flexibility index (Phi) is 3.72. The summed E-state index contributed by atoms with van der Waals surface area (Å²) in [6.45, 7) is 3.09. The molecular weight excluding hydrogens is 298 g/mol. The molecule has 0 bridgehead atoms. The van der Waals surface area contributed by atoms with Crippen LogP contribution in [-0.2, 0) is 19.4 Å². The van der Waals surface area contributed by atoms with Gasteiger partial charge in [-0.05, 0) is 48.1 Å². The molecule has 0 aromatic heterocycles. The van der Waals surface area contributed by atoms with Gasteiger partial charge in [-0.3, -0.25) is 0 Å². The lowest BCUT2D eigenvalue weighted by Crippen LogP contribution is -2.28. The summed E-state index contributed by atoms with van der Waals surface area (Å²) < 4.78 is 1.18. The highest BCUT2D eigenvalue weighted by molar-refractivity contribution is 9.10. The Balaban J connectivity index is 1.61. The Hall–Kier alpha value is -1.12. The van der Waals surface area contributed by atoms with Crippen molar-refractivity contribution in [2.24, 2.45) is 0 Å². The first-order valence-electron chi connectivity index (χ1n) is 6.77. The average Bonchev–Trinajstić information content (AvgIpc) is 2.83. The first kappa shape index (κ1) is 12.9. The summed E-state index contributed by atoms with van der Waals surface area (Å²) in [7, 11) is 0. The quantitative estimate of drug-likeness (QED) is 0.902. The third kappa shape index (κ3) is 2.90. The summed E-state index contributed by atoms with van der Waals surface area (Å²) in [4.78, 5) is 0. The Morgan fingerprint density at radius 3 is 2.42 bits per heavy atom. The van der Waals surface area contributed by atoms with E-state index in [9.17, 15) is 0 Å². The minimum Gasteiger partial charge on any atom is -0.309 e. The molecule has 2 heteroatoms. The van der Waals surface area contributed by atoms with Crippen LogP contribution in [0.4, 0.5) is 0 Å². The Bertz CT molecular complexity index is 567. The first-order valence-corrected chi connectivity index (χ1v) is 7.57. The number of hydrogen-bond acceptors (Lipinski definition) is 1. The molecule has 0 aliphatic heterocycles. The predicted octanol–water partition coefficient (Wildman–Crippen LogP) is 4.01. The highest BCUT2D eigenvalue weighted by Crippen LogP contribution is 2.22. The number of benzene rings is 2. The molecule has 1 aliphatic carbocycles. The fourth-order valence-corrected chi connectivity index (χ4v) is 3.03. The van der Waals surface area contributed by atoms with E-state index < -0.39 is 0 Å². The van der Waals surface area contributed by atoms with E-state index in [-0.39, 0.29) is 0 Å². The van der Waals surface area contributed by atoms with Gasteiger partial charge in [0.2, 0.25) is 0 Å². The molecule has 2 aromatic rings. The smallest absolute Gasteiger partial charge is 0.0208 e. The fourth-order valence-electron chi connectivity index (χ4n) is 2.78. The van der Waals surface area contributed by atoms with Gasteiger partial charge in [-0.1, -0.05) is 52.3 Å². The summed E-state index contributed by atoms with van der Waals surface area (Å²) in [5.74, 6) is 0. The Labute approximate surface area is 123 Å². The van der Waals surface area contributed by atoms with Gasteiger partial charge in [0, 0.05) is 17.1 Å². The maximum atomic E-state index is 3.68. The minimum atomic E-state index is 0.585. The van der Waals surface area contributed by atoms with E-state index >= 15 is 0 Å². The predicted molar refractivity (Wildman–Crippen MR) is 83.4 cm³/mol. The lowest BCUT2D eigenvalue weighted by Gasteiger charge is -2.12. The summed E-state index contributed by atoms with van der Waals surface area (Å²) in [6.07, 6.45) is 2.32. The summed E-state index contributed by atoms with van der Waals surface area (Å²) in [5.41, 5.74) is 5.67. The van der Waals surface area contributed by atoms with E-state index in [4.69, 9.17) is 0 Å². The Morgan fingerprint density at radius 2 is 1.79 bits per heavy atom. The van der Waals surface area contributed by atoms with Gasteiger partial charge in [0.15, 0.2) is 0 Å². The molecule has 0 heterocycles. The lowest BCUT2D eigenvalue weighted by atomic mass is 10.1. The standard InChI is InChI=1S/C17H18BrN/c1-12-8-13(6-7-17(12)18)11-19-16-9-14-4-2-3-5-15(14)10-16/h2-8,16,19H,9-11H2,1H3. The second kappa shape index (κ2) is 5.48. The molecule has 0 amide bonds. The summed E-state index contributed by atoms with van der Waals surface area (Å²) in [6, 6.07) is 15.9. The van der Waals surface area contributed by atoms with Crippen LogP contribution in [0.3, 0.4) is 0 Å². The van der Waals surface area contributed by atoms with E-state index in [1.54, 1.807) is 0 Å². The van der Waals surface area contributed by atoms with E-state index in [2.05, 4.69) is 70.6 Å². The van der Waals surface area contributed by atoms with Crippen molar-refractivity contribution in [2.75, 3.05) is 0 Å². The summed E-state index contributed by atoms with van der Waals surface area (Å²) in [5, 5.41) is 3.68. The fraction of sp³-hybridized carbons (Fsp3) is 0.294. The van der Waals surface area contributed by atoms with Crippen LogP contribution in [0.5, 0.6) is 0 Å². The van der Waals surface area contributed by atoms with Crippen molar-refractivity contribution in [3.05, 3.63) is 69.2 Å². The van der Waals surface area contributed by atoms with Gasteiger partial charge in [-0.25, -0.2) is 0 Å². The number of nitrogens with one attached hydrogen (secondary N) is 1. The first-order chi connectivity index (χ1) is 9.22. The summed E-state index contributed by atoms with van der Waals surface area (Å²) >= 11 is 3.55. The molecule has 0 spiro atoms. The van der Waals surface area contributed by atoms with Gasteiger partial charge in [0.05, 0.1) is 0 Å². The van der Waals surface area contributed by atoms with Gasteiger partial charge in [-0.15, -0.1) is 0 Å². The molecule has 0 saturated carbocycles. The van der Waals surface area contributed by atoms with Crippen molar-refractivity contribution in [1.82, 2.24) is 5.32 Å². The topological polar surface area (TPSA) is 12.0 Å². The van der Waals surface area contributed by atoms with Crippen LogP contribution < -0.4 is 5.32 Å². The molecule has 3 rings (SSSR count). The van der Waals surface area contributed by atoms with Crippen LogP contribution in [-0.4, -0.2) is 6.04 Å². The molecule has 98 valence electrons. The molecule has 2 aromatic carbocycles. The number of hydrogen-bond donors (Lipinski definition) is 1. The lowest BCUT2D eigenvalue weighted by molar-refractivity contribution is 0.533. The third-order valence-electron chi connectivity index (χ3n) is 3.87. The van der Waals surface area contributed by atoms with Crippen LogP contribution in [0.1, 0.15) is 22.3 Å². The average molecular weight is 316 g/mol. The molecule has 1 aliphatic rings. The van der Waals surface area contributed by atoms with Crippen molar-refractivity contribution < 1.29 is 0 Å². The molecule has 19 heavy (non-hydrogen) atoms. The molecule has 0 fully saturated rings. The minimum absolute atomic E-state index is 0.585. The van der Waals surface area contributed by atoms with E-state index in [0.29, 0.717) is 6.04 Å². The molecule has 0 radical (unpaired) electrons.